The minimum atomic E-state index is -0.257. The molecule has 96 valence electrons. The molecule has 1 aromatic carbocycles. The van der Waals surface area contributed by atoms with Crippen LogP contribution in [0.3, 0.4) is 0 Å². The summed E-state index contributed by atoms with van der Waals surface area (Å²) in [6, 6.07) is 7.33. The summed E-state index contributed by atoms with van der Waals surface area (Å²) in [6.07, 6.45) is 0. The van der Waals surface area contributed by atoms with Crippen LogP contribution in [0.2, 0.25) is 5.02 Å². The Hall–Kier alpha value is -1.48. The summed E-state index contributed by atoms with van der Waals surface area (Å²) in [5.74, 6) is 0. The van der Waals surface area contributed by atoms with Crippen molar-refractivity contribution in [1.29, 1.82) is 0 Å². The van der Waals surface area contributed by atoms with E-state index < -0.39 is 0 Å². The Balaban J connectivity index is 2.63. The summed E-state index contributed by atoms with van der Waals surface area (Å²) < 4.78 is 1.66. The van der Waals surface area contributed by atoms with E-state index in [0.717, 1.165) is 11.3 Å². The fourth-order valence-electron chi connectivity index (χ4n) is 1.98. The van der Waals surface area contributed by atoms with Gasteiger partial charge in [-0.05, 0) is 45.4 Å². The van der Waals surface area contributed by atoms with Gasteiger partial charge in [0.15, 0.2) is 0 Å². The zero-order valence-electron chi connectivity index (χ0n) is 11.0. The maximum Gasteiger partial charge on any atom is 0.275 e. The molecule has 4 heteroatoms. The monoisotopic (exact) mass is 264 g/mol. The molecule has 0 aliphatic heterocycles. The largest absolute Gasteiger partial charge is 0.299 e. The zero-order chi connectivity index (χ0) is 13.5. The molecule has 1 N–H and O–H groups in total. The number of rotatable bonds is 1. The molecular formula is C14H17ClN2O. The number of aromatic amines is 1. The Kier molecular flexibility index (Phi) is 3.11. The third-order valence-corrected chi connectivity index (χ3v) is 3.13. The number of nitrogens with zero attached hydrogens (tertiary/aromatic N) is 1. The summed E-state index contributed by atoms with van der Waals surface area (Å²) in [4.78, 5) is 12.4. The van der Waals surface area contributed by atoms with Gasteiger partial charge in [-0.3, -0.25) is 9.89 Å². The number of hydrogen-bond acceptors (Lipinski definition) is 1. The number of aryl methyl sites for hydroxylation is 1. The van der Waals surface area contributed by atoms with Gasteiger partial charge in [0, 0.05) is 10.7 Å². The van der Waals surface area contributed by atoms with Crippen molar-refractivity contribution in [3.63, 3.8) is 0 Å². The third-order valence-electron chi connectivity index (χ3n) is 2.88. The van der Waals surface area contributed by atoms with Crippen molar-refractivity contribution in [2.45, 2.75) is 33.2 Å². The van der Waals surface area contributed by atoms with E-state index in [9.17, 15) is 4.79 Å². The van der Waals surface area contributed by atoms with E-state index in [-0.39, 0.29) is 11.1 Å². The van der Waals surface area contributed by atoms with Crippen LogP contribution in [0.4, 0.5) is 0 Å². The lowest BCUT2D eigenvalue weighted by Crippen LogP contribution is -2.32. The first-order chi connectivity index (χ1) is 8.30. The molecule has 0 bridgehead atoms. The summed E-state index contributed by atoms with van der Waals surface area (Å²) >= 11 is 5.87. The number of benzene rings is 1. The second-order valence-electron chi connectivity index (χ2n) is 5.43. The zero-order valence-corrected chi connectivity index (χ0v) is 11.8. The highest BCUT2D eigenvalue weighted by molar-refractivity contribution is 6.30. The van der Waals surface area contributed by atoms with E-state index in [1.54, 1.807) is 16.8 Å². The SMILES string of the molecule is Cc1[nH]n(C(C)(C)C)c(=O)c1-c1ccc(Cl)cc1. The number of hydrogen-bond donors (Lipinski definition) is 1. The first kappa shape index (κ1) is 13.0. The molecule has 18 heavy (non-hydrogen) atoms. The predicted octanol–water partition coefficient (Wildman–Crippen LogP) is 3.56. The molecule has 2 aromatic rings. The maximum absolute atomic E-state index is 12.4. The van der Waals surface area contributed by atoms with E-state index >= 15 is 0 Å². The van der Waals surface area contributed by atoms with E-state index in [1.165, 1.54) is 0 Å². The topological polar surface area (TPSA) is 37.8 Å². The van der Waals surface area contributed by atoms with Crippen molar-refractivity contribution in [3.05, 3.63) is 45.3 Å². The quantitative estimate of drug-likeness (QED) is 0.840. The van der Waals surface area contributed by atoms with Gasteiger partial charge in [0.05, 0.1) is 11.1 Å². The maximum atomic E-state index is 12.4. The average molecular weight is 265 g/mol. The molecule has 0 saturated heterocycles. The van der Waals surface area contributed by atoms with Crippen LogP contribution >= 0.6 is 11.6 Å². The molecule has 0 radical (unpaired) electrons. The first-order valence-electron chi connectivity index (χ1n) is 5.89. The fourth-order valence-corrected chi connectivity index (χ4v) is 2.10. The van der Waals surface area contributed by atoms with Gasteiger partial charge in [-0.2, -0.15) is 0 Å². The van der Waals surface area contributed by atoms with Gasteiger partial charge in [0.2, 0.25) is 0 Å². The summed E-state index contributed by atoms with van der Waals surface area (Å²) in [6.45, 7) is 7.90. The summed E-state index contributed by atoms with van der Waals surface area (Å²) in [5.41, 5.74) is 2.22. The van der Waals surface area contributed by atoms with Crippen molar-refractivity contribution < 1.29 is 0 Å². The molecule has 0 unspecified atom stereocenters. The molecule has 3 nitrogen and oxygen atoms in total. The van der Waals surface area contributed by atoms with Crippen LogP contribution in [-0.2, 0) is 5.54 Å². The van der Waals surface area contributed by atoms with E-state index in [1.807, 2.05) is 39.8 Å². The van der Waals surface area contributed by atoms with Crippen LogP contribution in [-0.4, -0.2) is 9.78 Å². The van der Waals surface area contributed by atoms with Crippen LogP contribution in [0.15, 0.2) is 29.1 Å². The van der Waals surface area contributed by atoms with Gasteiger partial charge in [-0.15, -0.1) is 0 Å². The highest BCUT2D eigenvalue weighted by Crippen LogP contribution is 2.22. The van der Waals surface area contributed by atoms with Gasteiger partial charge in [-0.1, -0.05) is 23.7 Å². The third kappa shape index (κ3) is 2.23. The van der Waals surface area contributed by atoms with Gasteiger partial charge < -0.3 is 0 Å². The molecule has 0 fully saturated rings. The highest BCUT2D eigenvalue weighted by atomic mass is 35.5. The Bertz CT molecular complexity index is 615. The highest BCUT2D eigenvalue weighted by Gasteiger charge is 2.21. The normalized spacial score (nSPS) is 11.8. The molecule has 1 aromatic heterocycles. The number of nitrogens with one attached hydrogen (secondary N) is 1. The number of halogens is 1. The standard InChI is InChI=1S/C14H17ClN2O/c1-9-12(10-5-7-11(15)8-6-10)13(18)17(16-9)14(2,3)4/h5-8,16H,1-4H3. The lowest BCUT2D eigenvalue weighted by atomic mass is 10.1. The van der Waals surface area contributed by atoms with Gasteiger partial charge in [0.1, 0.15) is 0 Å². The minimum absolute atomic E-state index is 0.00215. The van der Waals surface area contributed by atoms with E-state index in [2.05, 4.69) is 5.10 Å². The minimum Gasteiger partial charge on any atom is -0.299 e. The number of aromatic nitrogens is 2. The van der Waals surface area contributed by atoms with Crippen LogP contribution in [0.25, 0.3) is 11.1 Å². The predicted molar refractivity (Wildman–Crippen MR) is 75.2 cm³/mol. The molecule has 0 aliphatic rings. The Morgan fingerprint density at radius 1 is 1.17 bits per heavy atom. The Labute approximate surface area is 111 Å². The molecule has 0 aliphatic carbocycles. The van der Waals surface area contributed by atoms with Gasteiger partial charge in [0.25, 0.3) is 5.56 Å². The average Bonchev–Trinajstić information content (AvgIpc) is 2.56. The molecular weight excluding hydrogens is 248 g/mol. The smallest absolute Gasteiger partial charge is 0.275 e. The Morgan fingerprint density at radius 2 is 1.72 bits per heavy atom. The molecule has 0 amide bonds. The van der Waals surface area contributed by atoms with Crippen molar-refractivity contribution in [1.82, 2.24) is 9.78 Å². The van der Waals surface area contributed by atoms with Crippen LogP contribution in [0, 0.1) is 6.92 Å². The lowest BCUT2D eigenvalue weighted by Gasteiger charge is -2.19. The molecule has 1 heterocycles. The van der Waals surface area contributed by atoms with E-state index in [4.69, 9.17) is 11.6 Å². The molecule has 0 saturated carbocycles. The Morgan fingerprint density at radius 3 is 2.17 bits per heavy atom. The van der Waals surface area contributed by atoms with Crippen molar-refractivity contribution in [3.8, 4) is 11.1 Å². The van der Waals surface area contributed by atoms with Crippen molar-refractivity contribution in [2.24, 2.45) is 0 Å². The van der Waals surface area contributed by atoms with Crippen LogP contribution in [0.1, 0.15) is 26.5 Å². The van der Waals surface area contributed by atoms with Crippen molar-refractivity contribution >= 4 is 11.6 Å². The van der Waals surface area contributed by atoms with Gasteiger partial charge >= 0.3 is 0 Å². The lowest BCUT2D eigenvalue weighted by molar-refractivity contribution is 0.344. The molecule has 2 rings (SSSR count). The first-order valence-corrected chi connectivity index (χ1v) is 6.26. The summed E-state index contributed by atoms with van der Waals surface area (Å²) in [7, 11) is 0. The molecule has 0 atom stereocenters. The fraction of sp³-hybridized carbons (Fsp3) is 0.357. The second-order valence-corrected chi connectivity index (χ2v) is 5.87. The van der Waals surface area contributed by atoms with Crippen LogP contribution in [0.5, 0.6) is 0 Å². The van der Waals surface area contributed by atoms with Crippen LogP contribution < -0.4 is 5.56 Å². The van der Waals surface area contributed by atoms with Crippen molar-refractivity contribution in [2.75, 3.05) is 0 Å². The van der Waals surface area contributed by atoms with E-state index in [0.29, 0.717) is 10.6 Å². The summed E-state index contributed by atoms with van der Waals surface area (Å²) in [5, 5.41) is 3.81. The number of H-pyrrole nitrogens is 1. The molecule has 0 spiro atoms. The second kappa shape index (κ2) is 4.32. The van der Waals surface area contributed by atoms with Gasteiger partial charge in [-0.25, -0.2) is 4.68 Å².